The van der Waals surface area contributed by atoms with E-state index in [1.54, 1.807) is 21.7 Å². The molecule has 4 rings (SSSR count). The molecule has 10 heteroatoms. The third-order valence-corrected chi connectivity index (χ3v) is 6.40. The molecule has 1 aromatic heterocycles. The number of hydrogen-bond acceptors (Lipinski definition) is 5. The number of benzene rings is 2. The number of alkyl halides is 2. The van der Waals surface area contributed by atoms with Crippen molar-refractivity contribution in [2.45, 2.75) is 33.4 Å². The highest BCUT2D eigenvalue weighted by Crippen LogP contribution is 2.25. The van der Waals surface area contributed by atoms with Crippen LogP contribution in [0.4, 0.5) is 14.5 Å². The van der Waals surface area contributed by atoms with Crippen molar-refractivity contribution >= 4 is 17.5 Å². The SMILES string of the molecule is Cc1nn(-c2ccccc2)c(C)c1NC(=O)C(C)N1CCN(C(=O)c2ccccc2OC(F)F)CC1. The second-order valence-corrected chi connectivity index (χ2v) is 8.66. The number of para-hydroxylation sites is 2. The van der Waals surface area contributed by atoms with Crippen molar-refractivity contribution < 1.29 is 23.1 Å². The molecule has 8 nitrogen and oxygen atoms in total. The number of nitrogens with one attached hydrogen (secondary N) is 1. The van der Waals surface area contributed by atoms with Crippen LogP contribution in [-0.2, 0) is 4.79 Å². The highest BCUT2D eigenvalue weighted by atomic mass is 19.3. The molecule has 2 heterocycles. The maximum Gasteiger partial charge on any atom is 0.387 e. The topological polar surface area (TPSA) is 79.7 Å². The molecule has 1 saturated heterocycles. The van der Waals surface area contributed by atoms with Crippen LogP contribution in [0.15, 0.2) is 54.6 Å². The summed E-state index contributed by atoms with van der Waals surface area (Å²) >= 11 is 0. The lowest BCUT2D eigenvalue weighted by molar-refractivity contribution is -0.121. The molecule has 1 atom stereocenters. The first-order valence-corrected chi connectivity index (χ1v) is 11.8. The Bertz CT molecular complexity index is 1220. The van der Waals surface area contributed by atoms with Crippen LogP contribution in [0.2, 0.25) is 0 Å². The summed E-state index contributed by atoms with van der Waals surface area (Å²) in [5.74, 6) is -0.679. The number of amides is 2. The zero-order valence-corrected chi connectivity index (χ0v) is 20.4. The van der Waals surface area contributed by atoms with Crippen LogP contribution in [0.5, 0.6) is 5.75 Å². The van der Waals surface area contributed by atoms with Crippen LogP contribution in [0.25, 0.3) is 5.69 Å². The number of carbonyl (C=O) groups excluding carboxylic acids is 2. The molecule has 2 aromatic carbocycles. The molecule has 190 valence electrons. The third kappa shape index (κ3) is 5.38. The van der Waals surface area contributed by atoms with E-state index in [4.69, 9.17) is 0 Å². The molecule has 0 saturated carbocycles. The van der Waals surface area contributed by atoms with Gasteiger partial charge in [0.2, 0.25) is 5.91 Å². The number of rotatable bonds is 7. The standard InChI is InChI=1S/C26H29F2N5O3/c1-17-23(18(2)33(30-17)20-9-5-4-6-10-20)29-24(34)19(3)31-13-15-32(16-14-31)25(35)21-11-7-8-12-22(21)36-26(27)28/h4-12,19,26H,13-16H2,1-3H3,(H,29,34). The van der Waals surface area contributed by atoms with Gasteiger partial charge in [-0.25, -0.2) is 4.68 Å². The van der Waals surface area contributed by atoms with Crippen molar-refractivity contribution in [2.24, 2.45) is 0 Å². The van der Waals surface area contributed by atoms with Crippen LogP contribution in [0.1, 0.15) is 28.7 Å². The van der Waals surface area contributed by atoms with Crippen molar-refractivity contribution in [2.75, 3.05) is 31.5 Å². The molecule has 2 amide bonds. The van der Waals surface area contributed by atoms with Crippen molar-refractivity contribution in [3.05, 3.63) is 71.5 Å². The molecule has 1 aliphatic rings. The Balaban J connectivity index is 1.38. The predicted molar refractivity (Wildman–Crippen MR) is 132 cm³/mol. The molecule has 1 N–H and O–H groups in total. The van der Waals surface area contributed by atoms with Crippen molar-refractivity contribution in [1.29, 1.82) is 0 Å². The van der Waals surface area contributed by atoms with Gasteiger partial charge in [0, 0.05) is 26.2 Å². The smallest absolute Gasteiger partial charge is 0.387 e. The van der Waals surface area contributed by atoms with Crippen LogP contribution in [0, 0.1) is 13.8 Å². The molecule has 0 aliphatic carbocycles. The summed E-state index contributed by atoms with van der Waals surface area (Å²) in [6.07, 6.45) is 0. The zero-order valence-electron chi connectivity index (χ0n) is 20.4. The minimum atomic E-state index is -3.01. The molecule has 3 aromatic rings. The van der Waals surface area contributed by atoms with Crippen molar-refractivity contribution in [1.82, 2.24) is 19.6 Å². The molecular weight excluding hydrogens is 468 g/mol. The minimum absolute atomic E-state index is 0.0958. The lowest BCUT2D eigenvalue weighted by atomic mass is 10.1. The second-order valence-electron chi connectivity index (χ2n) is 8.66. The van der Waals surface area contributed by atoms with E-state index in [0.717, 1.165) is 17.1 Å². The maximum absolute atomic E-state index is 13.1. The lowest BCUT2D eigenvalue weighted by Crippen LogP contribution is -2.54. The summed E-state index contributed by atoms with van der Waals surface area (Å²) in [5.41, 5.74) is 3.24. The van der Waals surface area contributed by atoms with E-state index in [9.17, 15) is 18.4 Å². The van der Waals surface area contributed by atoms with Gasteiger partial charge in [0.05, 0.1) is 34.4 Å². The van der Waals surface area contributed by atoms with E-state index < -0.39 is 12.7 Å². The first-order chi connectivity index (χ1) is 17.3. The summed E-state index contributed by atoms with van der Waals surface area (Å²) in [6, 6.07) is 15.2. The van der Waals surface area contributed by atoms with E-state index in [-0.39, 0.29) is 23.1 Å². The number of aromatic nitrogens is 2. The maximum atomic E-state index is 13.1. The number of halogens is 2. The van der Waals surface area contributed by atoms with E-state index >= 15 is 0 Å². The van der Waals surface area contributed by atoms with Gasteiger partial charge in [0.25, 0.3) is 5.91 Å². The lowest BCUT2D eigenvalue weighted by Gasteiger charge is -2.37. The Morgan fingerprint density at radius 1 is 0.972 bits per heavy atom. The van der Waals surface area contributed by atoms with Gasteiger partial charge in [0.1, 0.15) is 5.75 Å². The van der Waals surface area contributed by atoms with Gasteiger partial charge in [-0.3, -0.25) is 14.5 Å². The Morgan fingerprint density at radius 2 is 1.61 bits per heavy atom. The fourth-order valence-electron chi connectivity index (χ4n) is 4.36. The monoisotopic (exact) mass is 497 g/mol. The fraction of sp³-hybridized carbons (Fsp3) is 0.346. The predicted octanol–water partition coefficient (Wildman–Crippen LogP) is 3.88. The number of ether oxygens (including phenoxy) is 1. The first-order valence-electron chi connectivity index (χ1n) is 11.8. The van der Waals surface area contributed by atoms with Crippen molar-refractivity contribution in [3.63, 3.8) is 0 Å². The van der Waals surface area contributed by atoms with Gasteiger partial charge >= 0.3 is 6.61 Å². The number of hydrogen-bond donors (Lipinski definition) is 1. The highest BCUT2D eigenvalue weighted by molar-refractivity contribution is 5.97. The van der Waals surface area contributed by atoms with Gasteiger partial charge in [0.15, 0.2) is 0 Å². The molecule has 0 radical (unpaired) electrons. The van der Waals surface area contributed by atoms with Gasteiger partial charge in [-0.2, -0.15) is 13.9 Å². The number of nitrogens with zero attached hydrogens (tertiary/aromatic N) is 4. The summed E-state index contributed by atoms with van der Waals surface area (Å²) < 4.78 is 31.7. The number of anilines is 1. The Kier molecular flexibility index (Phi) is 7.64. The number of piperazine rings is 1. The summed E-state index contributed by atoms with van der Waals surface area (Å²) in [6.45, 7) is 4.25. The zero-order chi connectivity index (χ0) is 25.8. The molecule has 1 unspecified atom stereocenters. The first kappa shape index (κ1) is 25.3. The van der Waals surface area contributed by atoms with Gasteiger partial charge in [-0.15, -0.1) is 0 Å². The average Bonchev–Trinajstić information content (AvgIpc) is 3.16. The molecule has 36 heavy (non-hydrogen) atoms. The Hall–Kier alpha value is -3.79. The van der Waals surface area contributed by atoms with E-state index in [0.29, 0.717) is 31.9 Å². The van der Waals surface area contributed by atoms with E-state index in [1.807, 2.05) is 56.0 Å². The summed E-state index contributed by atoms with van der Waals surface area (Å²) in [7, 11) is 0. The largest absolute Gasteiger partial charge is 0.434 e. The summed E-state index contributed by atoms with van der Waals surface area (Å²) in [5, 5.41) is 7.59. The highest BCUT2D eigenvalue weighted by Gasteiger charge is 2.30. The third-order valence-electron chi connectivity index (χ3n) is 6.40. The van der Waals surface area contributed by atoms with Gasteiger partial charge in [-0.1, -0.05) is 30.3 Å². The Morgan fingerprint density at radius 3 is 2.28 bits per heavy atom. The number of aryl methyl sites for hydroxylation is 1. The molecule has 1 aliphatic heterocycles. The second kappa shape index (κ2) is 10.9. The van der Waals surface area contributed by atoms with Crippen LogP contribution in [-0.4, -0.2) is 70.2 Å². The van der Waals surface area contributed by atoms with Crippen molar-refractivity contribution in [3.8, 4) is 11.4 Å². The average molecular weight is 498 g/mol. The van der Waals surface area contributed by atoms with Crippen LogP contribution in [0.3, 0.4) is 0 Å². The van der Waals surface area contributed by atoms with Crippen LogP contribution >= 0.6 is 0 Å². The fourth-order valence-corrected chi connectivity index (χ4v) is 4.36. The molecule has 0 bridgehead atoms. The molecule has 0 spiro atoms. The quantitative estimate of drug-likeness (QED) is 0.536. The molecular formula is C26H29F2N5O3. The normalized spacial score (nSPS) is 15.1. The molecule has 1 fully saturated rings. The summed E-state index contributed by atoms with van der Waals surface area (Å²) in [4.78, 5) is 29.6. The van der Waals surface area contributed by atoms with Gasteiger partial charge in [-0.05, 0) is 45.0 Å². The van der Waals surface area contributed by atoms with Crippen LogP contribution < -0.4 is 10.1 Å². The van der Waals surface area contributed by atoms with E-state index in [2.05, 4.69) is 15.2 Å². The number of carbonyl (C=O) groups is 2. The minimum Gasteiger partial charge on any atom is -0.434 e. The van der Waals surface area contributed by atoms with Gasteiger partial charge < -0.3 is 15.0 Å². The van der Waals surface area contributed by atoms with E-state index in [1.165, 1.54) is 12.1 Å². The Labute approximate surface area is 208 Å².